The lowest BCUT2D eigenvalue weighted by Gasteiger charge is -2.26. The van der Waals surface area contributed by atoms with Gasteiger partial charge in [0.2, 0.25) is 11.8 Å². The van der Waals surface area contributed by atoms with E-state index in [9.17, 15) is 9.59 Å². The number of hydrogen-bond acceptors (Lipinski definition) is 4. The Morgan fingerprint density at radius 2 is 2.12 bits per heavy atom. The highest BCUT2D eigenvalue weighted by Gasteiger charge is 2.47. The fourth-order valence-corrected chi connectivity index (χ4v) is 4.31. The molecule has 5 nitrogen and oxygen atoms in total. The van der Waals surface area contributed by atoms with E-state index in [-0.39, 0.29) is 17.2 Å². The van der Waals surface area contributed by atoms with E-state index in [4.69, 9.17) is 0 Å². The van der Waals surface area contributed by atoms with E-state index in [0.717, 1.165) is 44.3 Å². The van der Waals surface area contributed by atoms with Gasteiger partial charge in [0.1, 0.15) is 0 Å². The summed E-state index contributed by atoms with van der Waals surface area (Å²) < 4.78 is 0. The third-order valence-corrected chi connectivity index (χ3v) is 5.80. The average molecular weight is 347 g/mol. The highest BCUT2D eigenvalue weighted by atomic mass is 32.2. The highest BCUT2D eigenvalue weighted by molar-refractivity contribution is 7.99. The summed E-state index contributed by atoms with van der Waals surface area (Å²) in [4.78, 5) is 33.2. The van der Waals surface area contributed by atoms with Crippen molar-refractivity contribution in [3.8, 4) is 0 Å². The smallest absolute Gasteiger partial charge is 0.232 e. The highest BCUT2D eigenvalue weighted by Crippen LogP contribution is 2.42. The lowest BCUT2D eigenvalue weighted by Crippen LogP contribution is -2.37. The molecule has 6 heteroatoms. The Kier molecular flexibility index (Phi) is 5.43. The van der Waals surface area contributed by atoms with Crippen molar-refractivity contribution in [2.24, 2.45) is 5.41 Å². The summed E-state index contributed by atoms with van der Waals surface area (Å²) >= 11 is 1.56. The molecule has 0 N–H and O–H groups in total. The van der Waals surface area contributed by atoms with E-state index >= 15 is 0 Å². The van der Waals surface area contributed by atoms with Crippen molar-refractivity contribution in [2.75, 3.05) is 31.6 Å². The van der Waals surface area contributed by atoms with Gasteiger partial charge in [0.15, 0.2) is 0 Å². The van der Waals surface area contributed by atoms with Gasteiger partial charge in [-0.1, -0.05) is 6.07 Å². The Morgan fingerprint density at radius 3 is 2.88 bits per heavy atom. The normalized spacial score (nSPS) is 24.5. The first-order valence-corrected chi connectivity index (χ1v) is 9.99. The molecule has 1 spiro atoms. The first-order valence-electron chi connectivity index (χ1n) is 8.60. The average Bonchev–Trinajstić information content (AvgIpc) is 2.77. The minimum atomic E-state index is -0.253. The van der Waals surface area contributed by atoms with Crippen LogP contribution in [0.4, 0.5) is 0 Å². The van der Waals surface area contributed by atoms with E-state index in [0.29, 0.717) is 18.8 Å². The number of pyridine rings is 1. The molecule has 1 atom stereocenters. The van der Waals surface area contributed by atoms with Crippen LogP contribution in [-0.2, 0) is 16.1 Å². The molecule has 2 fully saturated rings. The molecule has 0 aromatic carbocycles. The Bertz CT molecular complexity index is 595. The number of nitrogens with zero attached hydrogens (tertiary/aromatic N) is 3. The summed E-state index contributed by atoms with van der Waals surface area (Å²) in [5.74, 6) is 1.01. The number of aromatic nitrogens is 1. The second-order valence-corrected chi connectivity index (χ2v) is 7.65. The van der Waals surface area contributed by atoms with Crippen LogP contribution >= 0.6 is 11.8 Å². The number of amides is 2. The van der Waals surface area contributed by atoms with Gasteiger partial charge in [0, 0.05) is 38.6 Å². The van der Waals surface area contributed by atoms with Gasteiger partial charge in [-0.05, 0) is 43.6 Å². The number of carbonyl (C=O) groups is 2. The maximum atomic E-state index is 13.0. The van der Waals surface area contributed by atoms with Crippen LogP contribution in [-0.4, -0.2) is 58.2 Å². The van der Waals surface area contributed by atoms with Crippen molar-refractivity contribution >= 4 is 23.6 Å². The number of rotatable bonds is 4. The molecule has 2 amide bonds. The predicted octanol–water partition coefficient (Wildman–Crippen LogP) is 2.18. The molecule has 2 aliphatic rings. The molecule has 1 aromatic rings. The molecule has 24 heavy (non-hydrogen) atoms. The maximum Gasteiger partial charge on any atom is 0.232 e. The van der Waals surface area contributed by atoms with Crippen LogP contribution in [0.2, 0.25) is 0 Å². The Morgan fingerprint density at radius 1 is 1.29 bits per heavy atom. The molecule has 0 bridgehead atoms. The summed E-state index contributed by atoms with van der Waals surface area (Å²) in [7, 11) is 0. The molecule has 3 heterocycles. The third-order valence-electron chi connectivity index (χ3n) is 5.26. The Labute approximate surface area is 147 Å². The largest absolute Gasteiger partial charge is 0.342 e. The summed E-state index contributed by atoms with van der Waals surface area (Å²) in [5, 5.41) is 0. The van der Waals surface area contributed by atoms with Gasteiger partial charge < -0.3 is 9.80 Å². The van der Waals surface area contributed by atoms with Crippen LogP contribution in [0.1, 0.15) is 31.2 Å². The van der Waals surface area contributed by atoms with Crippen LogP contribution in [0.5, 0.6) is 0 Å². The summed E-state index contributed by atoms with van der Waals surface area (Å²) in [6.45, 7) is 2.96. The molecule has 0 radical (unpaired) electrons. The van der Waals surface area contributed by atoms with Crippen LogP contribution in [0.3, 0.4) is 0 Å². The SMILES string of the molecule is CSCC(=O)N1CCC[C@]2(CC1)CCN(Cc1cccnc1)C2=O. The first kappa shape index (κ1) is 17.3. The lowest BCUT2D eigenvalue weighted by molar-refractivity contribution is -0.137. The van der Waals surface area contributed by atoms with Gasteiger partial charge in [0.25, 0.3) is 0 Å². The molecule has 3 rings (SSSR count). The third kappa shape index (κ3) is 3.58. The van der Waals surface area contributed by atoms with E-state index < -0.39 is 0 Å². The molecule has 0 unspecified atom stereocenters. The number of thioether (sulfide) groups is 1. The van der Waals surface area contributed by atoms with Crippen molar-refractivity contribution < 1.29 is 9.59 Å². The molecule has 1 aromatic heterocycles. The summed E-state index contributed by atoms with van der Waals surface area (Å²) in [6.07, 6.45) is 9.07. The molecular weight excluding hydrogens is 322 g/mol. The fourth-order valence-electron chi connectivity index (χ4n) is 3.88. The van der Waals surface area contributed by atoms with Gasteiger partial charge in [0.05, 0.1) is 11.2 Å². The van der Waals surface area contributed by atoms with Crippen molar-refractivity contribution in [3.63, 3.8) is 0 Å². The number of likely N-dealkylation sites (tertiary alicyclic amines) is 2. The van der Waals surface area contributed by atoms with Crippen LogP contribution < -0.4 is 0 Å². The monoisotopic (exact) mass is 347 g/mol. The van der Waals surface area contributed by atoms with E-state index in [1.165, 1.54) is 0 Å². The van der Waals surface area contributed by atoms with Gasteiger partial charge >= 0.3 is 0 Å². The van der Waals surface area contributed by atoms with Gasteiger partial charge in [-0.25, -0.2) is 0 Å². The Balaban J connectivity index is 1.64. The van der Waals surface area contributed by atoms with Crippen LogP contribution in [0.15, 0.2) is 24.5 Å². The first-order chi connectivity index (χ1) is 11.6. The van der Waals surface area contributed by atoms with Crippen molar-refractivity contribution in [3.05, 3.63) is 30.1 Å². The van der Waals surface area contributed by atoms with E-state index in [1.807, 2.05) is 34.4 Å². The summed E-state index contributed by atoms with van der Waals surface area (Å²) in [5.41, 5.74) is 0.824. The molecule has 0 saturated carbocycles. The maximum absolute atomic E-state index is 13.0. The zero-order chi connectivity index (χ0) is 17.0. The zero-order valence-corrected chi connectivity index (χ0v) is 15.1. The molecule has 130 valence electrons. The van der Waals surface area contributed by atoms with Crippen LogP contribution in [0, 0.1) is 5.41 Å². The minimum Gasteiger partial charge on any atom is -0.342 e. The second-order valence-electron chi connectivity index (χ2n) is 6.79. The molecule has 0 aliphatic carbocycles. The fraction of sp³-hybridized carbons (Fsp3) is 0.611. The van der Waals surface area contributed by atoms with Crippen molar-refractivity contribution in [1.82, 2.24) is 14.8 Å². The topological polar surface area (TPSA) is 53.5 Å². The molecule has 2 aliphatic heterocycles. The quantitative estimate of drug-likeness (QED) is 0.838. The minimum absolute atomic E-state index is 0.206. The molecular formula is C18H25N3O2S. The van der Waals surface area contributed by atoms with Crippen molar-refractivity contribution in [1.29, 1.82) is 0 Å². The van der Waals surface area contributed by atoms with Gasteiger partial charge in [-0.3, -0.25) is 14.6 Å². The van der Waals surface area contributed by atoms with E-state index in [1.54, 1.807) is 18.0 Å². The second kappa shape index (κ2) is 7.55. The van der Waals surface area contributed by atoms with E-state index in [2.05, 4.69) is 4.98 Å². The van der Waals surface area contributed by atoms with Gasteiger partial charge in [-0.15, -0.1) is 0 Å². The Hall–Kier alpha value is -1.56. The van der Waals surface area contributed by atoms with Crippen LogP contribution in [0.25, 0.3) is 0 Å². The summed E-state index contributed by atoms with van der Waals surface area (Å²) in [6, 6.07) is 3.92. The zero-order valence-electron chi connectivity index (χ0n) is 14.2. The predicted molar refractivity (Wildman–Crippen MR) is 95.5 cm³/mol. The number of hydrogen-bond donors (Lipinski definition) is 0. The van der Waals surface area contributed by atoms with Gasteiger partial charge in [-0.2, -0.15) is 11.8 Å². The number of carbonyl (C=O) groups excluding carboxylic acids is 2. The van der Waals surface area contributed by atoms with Crippen molar-refractivity contribution in [2.45, 2.75) is 32.2 Å². The molecule has 2 saturated heterocycles. The lowest BCUT2D eigenvalue weighted by atomic mass is 9.79. The standard InChI is InChI=1S/C18H25N3O2S/c1-24-14-16(22)20-9-3-5-18(6-10-20)7-11-21(17(18)23)13-15-4-2-8-19-12-15/h2,4,8,12H,3,5-7,9-11,13-14H2,1H3/t18-/m0/s1.